The number of carbonyl (C=O) groups is 1. The molecule has 0 radical (unpaired) electrons. The molecule has 134 valence electrons. The third-order valence-electron chi connectivity index (χ3n) is 3.52. The van der Waals surface area contributed by atoms with Crippen LogP contribution in [0.15, 0.2) is 54.6 Å². The van der Waals surface area contributed by atoms with Crippen LogP contribution in [0.4, 0.5) is 4.79 Å². The third kappa shape index (κ3) is 6.12. The molecule has 0 saturated carbocycles. The van der Waals surface area contributed by atoms with Crippen LogP contribution in [-0.4, -0.2) is 23.3 Å². The van der Waals surface area contributed by atoms with Gasteiger partial charge in [0, 0.05) is 12.1 Å². The van der Waals surface area contributed by atoms with Crippen LogP contribution in [0, 0.1) is 0 Å². The Morgan fingerprint density at radius 2 is 1.72 bits per heavy atom. The van der Waals surface area contributed by atoms with Gasteiger partial charge in [-0.2, -0.15) is 0 Å². The maximum absolute atomic E-state index is 12.2. The van der Waals surface area contributed by atoms with E-state index in [1.807, 2.05) is 75.4 Å². The number of para-hydroxylation sites is 1. The van der Waals surface area contributed by atoms with Gasteiger partial charge in [0.15, 0.2) is 0 Å². The van der Waals surface area contributed by atoms with Crippen LogP contribution in [0.5, 0.6) is 5.75 Å². The molecule has 1 unspecified atom stereocenters. The zero-order valence-electron chi connectivity index (χ0n) is 15.0. The smallest absolute Gasteiger partial charge is 0.315 e. The van der Waals surface area contributed by atoms with E-state index in [9.17, 15) is 9.90 Å². The number of aliphatic hydroxyl groups excluding tert-OH is 1. The van der Waals surface area contributed by atoms with E-state index in [4.69, 9.17) is 4.74 Å². The maximum Gasteiger partial charge on any atom is 0.315 e. The molecule has 2 amide bonds. The Morgan fingerprint density at radius 3 is 2.36 bits per heavy atom. The fraction of sp³-hybridized carbons (Fsp3) is 0.350. The zero-order valence-corrected chi connectivity index (χ0v) is 15.0. The molecule has 5 heteroatoms. The second-order valence-electron chi connectivity index (χ2n) is 6.80. The Morgan fingerprint density at radius 1 is 1.08 bits per heavy atom. The van der Waals surface area contributed by atoms with Crippen molar-refractivity contribution in [1.29, 1.82) is 0 Å². The Hall–Kier alpha value is -2.53. The van der Waals surface area contributed by atoms with Gasteiger partial charge >= 0.3 is 6.03 Å². The lowest BCUT2D eigenvalue weighted by Crippen LogP contribution is -2.39. The van der Waals surface area contributed by atoms with E-state index in [1.54, 1.807) is 0 Å². The summed E-state index contributed by atoms with van der Waals surface area (Å²) in [5, 5.41) is 15.1. The number of hydrogen-bond donors (Lipinski definition) is 3. The van der Waals surface area contributed by atoms with Crippen molar-refractivity contribution < 1.29 is 14.6 Å². The topological polar surface area (TPSA) is 70.6 Å². The molecule has 3 N–H and O–H groups in total. The number of aliphatic hydroxyl groups is 1. The second-order valence-corrected chi connectivity index (χ2v) is 6.80. The number of ether oxygens (including phenoxy) is 1. The van der Waals surface area contributed by atoms with Gasteiger partial charge in [0.05, 0.1) is 12.6 Å². The van der Waals surface area contributed by atoms with E-state index in [0.717, 1.165) is 16.9 Å². The van der Waals surface area contributed by atoms with Crippen molar-refractivity contribution in [1.82, 2.24) is 10.6 Å². The van der Waals surface area contributed by atoms with Gasteiger partial charge in [0.2, 0.25) is 0 Å². The van der Waals surface area contributed by atoms with Gasteiger partial charge in [-0.1, -0.05) is 48.5 Å². The van der Waals surface area contributed by atoms with Crippen LogP contribution in [0.1, 0.15) is 37.9 Å². The Kier molecular flexibility index (Phi) is 6.42. The summed E-state index contributed by atoms with van der Waals surface area (Å²) in [6, 6.07) is 16.2. The van der Waals surface area contributed by atoms with Crippen LogP contribution < -0.4 is 15.4 Å². The summed E-state index contributed by atoms with van der Waals surface area (Å²) in [6.07, 6.45) is 0. The molecule has 1 atom stereocenters. The fourth-order valence-electron chi connectivity index (χ4n) is 2.38. The van der Waals surface area contributed by atoms with E-state index in [0.29, 0.717) is 6.54 Å². The summed E-state index contributed by atoms with van der Waals surface area (Å²) in [6.45, 7) is 6.12. The average molecular weight is 342 g/mol. The second kappa shape index (κ2) is 8.53. The molecule has 2 aromatic rings. The van der Waals surface area contributed by atoms with Gasteiger partial charge in [0.1, 0.15) is 11.4 Å². The molecule has 0 heterocycles. The highest BCUT2D eigenvalue weighted by Gasteiger charge is 2.16. The Balaban J connectivity index is 1.96. The molecule has 0 aromatic heterocycles. The van der Waals surface area contributed by atoms with Crippen molar-refractivity contribution in [3.05, 3.63) is 65.7 Å². The monoisotopic (exact) mass is 342 g/mol. The summed E-state index contributed by atoms with van der Waals surface area (Å²) in [5.74, 6) is 0.747. The molecule has 0 aliphatic rings. The quantitative estimate of drug-likeness (QED) is 0.753. The lowest BCUT2D eigenvalue weighted by molar-refractivity contribution is 0.129. The van der Waals surface area contributed by atoms with Crippen LogP contribution in [-0.2, 0) is 6.54 Å². The first-order chi connectivity index (χ1) is 11.9. The number of urea groups is 1. The first kappa shape index (κ1) is 18.8. The highest BCUT2D eigenvalue weighted by Crippen LogP contribution is 2.22. The normalized spacial score (nSPS) is 12.3. The molecule has 0 aliphatic heterocycles. The molecule has 2 rings (SSSR count). The minimum atomic E-state index is -0.442. The molecule has 5 nitrogen and oxygen atoms in total. The summed E-state index contributed by atoms with van der Waals surface area (Å²) < 4.78 is 5.92. The van der Waals surface area contributed by atoms with Crippen molar-refractivity contribution in [2.75, 3.05) is 6.61 Å². The van der Waals surface area contributed by atoms with Gasteiger partial charge in [-0.25, -0.2) is 4.79 Å². The molecule has 0 fully saturated rings. The predicted octanol–water partition coefficient (Wildman–Crippen LogP) is 3.40. The van der Waals surface area contributed by atoms with Crippen molar-refractivity contribution in [3.63, 3.8) is 0 Å². The SMILES string of the molecule is CC(C)(C)Oc1ccccc1CNC(=O)NC(CO)c1ccccc1. The van der Waals surface area contributed by atoms with E-state index < -0.39 is 6.04 Å². The zero-order chi connectivity index (χ0) is 18.3. The molecule has 25 heavy (non-hydrogen) atoms. The van der Waals surface area contributed by atoms with Crippen molar-refractivity contribution in [2.24, 2.45) is 0 Å². The molecule has 2 aromatic carbocycles. The Bertz CT molecular complexity index is 681. The van der Waals surface area contributed by atoms with Gasteiger partial charge in [0.25, 0.3) is 0 Å². The maximum atomic E-state index is 12.2. The summed E-state index contributed by atoms with van der Waals surface area (Å²) in [7, 11) is 0. The third-order valence-corrected chi connectivity index (χ3v) is 3.52. The average Bonchev–Trinajstić information content (AvgIpc) is 2.58. The molecule has 0 bridgehead atoms. The summed E-state index contributed by atoms with van der Waals surface area (Å²) in [4.78, 5) is 12.2. The van der Waals surface area contributed by atoms with Crippen LogP contribution in [0.2, 0.25) is 0 Å². The number of amides is 2. The van der Waals surface area contributed by atoms with E-state index >= 15 is 0 Å². The van der Waals surface area contributed by atoms with E-state index in [2.05, 4.69) is 10.6 Å². The highest BCUT2D eigenvalue weighted by molar-refractivity contribution is 5.74. The number of benzene rings is 2. The molecule has 0 aliphatic carbocycles. The van der Waals surface area contributed by atoms with Gasteiger partial charge < -0.3 is 20.5 Å². The minimum Gasteiger partial charge on any atom is -0.488 e. The predicted molar refractivity (Wildman–Crippen MR) is 98.5 cm³/mol. The van der Waals surface area contributed by atoms with Crippen LogP contribution in [0.25, 0.3) is 0 Å². The standard InChI is InChI=1S/C20H26N2O3/c1-20(2,3)25-18-12-8-7-11-16(18)13-21-19(24)22-17(14-23)15-9-5-4-6-10-15/h4-12,17,23H,13-14H2,1-3H3,(H2,21,22,24). The van der Waals surface area contributed by atoms with Crippen molar-refractivity contribution in [3.8, 4) is 5.75 Å². The molecular weight excluding hydrogens is 316 g/mol. The molecule has 0 spiro atoms. The minimum absolute atomic E-state index is 0.166. The highest BCUT2D eigenvalue weighted by atomic mass is 16.5. The van der Waals surface area contributed by atoms with Crippen LogP contribution >= 0.6 is 0 Å². The van der Waals surface area contributed by atoms with Gasteiger partial charge in [-0.05, 0) is 32.4 Å². The first-order valence-electron chi connectivity index (χ1n) is 8.36. The summed E-state index contributed by atoms with van der Waals surface area (Å²) in [5.41, 5.74) is 1.44. The molecule has 0 saturated heterocycles. The van der Waals surface area contributed by atoms with Crippen molar-refractivity contribution >= 4 is 6.03 Å². The number of hydrogen-bond acceptors (Lipinski definition) is 3. The van der Waals surface area contributed by atoms with E-state index in [1.165, 1.54) is 0 Å². The largest absolute Gasteiger partial charge is 0.488 e. The van der Waals surface area contributed by atoms with Gasteiger partial charge in [-0.3, -0.25) is 0 Å². The lowest BCUT2D eigenvalue weighted by atomic mass is 10.1. The molecular formula is C20H26N2O3. The first-order valence-corrected chi connectivity index (χ1v) is 8.36. The van der Waals surface area contributed by atoms with E-state index in [-0.39, 0.29) is 18.2 Å². The Labute approximate surface area is 149 Å². The summed E-state index contributed by atoms with van der Waals surface area (Å²) >= 11 is 0. The lowest BCUT2D eigenvalue weighted by Gasteiger charge is -2.23. The number of carbonyl (C=O) groups excluding carboxylic acids is 1. The number of rotatable bonds is 6. The fourth-order valence-corrected chi connectivity index (χ4v) is 2.38. The number of nitrogens with one attached hydrogen (secondary N) is 2. The van der Waals surface area contributed by atoms with Gasteiger partial charge in [-0.15, -0.1) is 0 Å². The van der Waals surface area contributed by atoms with Crippen molar-refractivity contribution in [2.45, 2.75) is 39.0 Å². The van der Waals surface area contributed by atoms with Crippen LogP contribution in [0.3, 0.4) is 0 Å².